The first-order valence-corrected chi connectivity index (χ1v) is 8.59. The summed E-state index contributed by atoms with van der Waals surface area (Å²) in [6.07, 6.45) is 10.4. The first-order chi connectivity index (χ1) is 9.69. The van der Waals surface area contributed by atoms with Gasteiger partial charge in [-0.25, -0.2) is 4.39 Å². The Hall–Kier alpha value is -0.410. The maximum Gasteiger partial charge on any atom is 0.123 e. The lowest BCUT2D eigenvalue weighted by Gasteiger charge is -2.24. The Kier molecular flexibility index (Phi) is 6.50. The third-order valence-corrected chi connectivity index (χ3v) is 5.30. The number of halogens is 2. The molecule has 112 valence electrons. The van der Waals surface area contributed by atoms with Crippen LogP contribution in [0.5, 0.6) is 0 Å². The van der Waals surface area contributed by atoms with Gasteiger partial charge >= 0.3 is 0 Å². The summed E-state index contributed by atoms with van der Waals surface area (Å²) in [4.78, 5) is 0. The van der Waals surface area contributed by atoms with Crippen LogP contribution in [0.2, 0.25) is 0 Å². The van der Waals surface area contributed by atoms with Crippen LogP contribution < -0.4 is 5.32 Å². The fraction of sp³-hybridized carbons (Fsp3) is 0.647. The number of nitrogens with one attached hydrogen (secondary N) is 1. The number of likely N-dealkylation sites (N-methyl/N-ethyl adjacent to an activating group) is 1. The molecule has 1 saturated carbocycles. The lowest BCUT2D eigenvalue weighted by atomic mass is 9.84. The molecule has 0 bridgehead atoms. The standard InChI is InChI=1S/C17H25BrFN/c1-20-16(9-7-13-5-3-2-4-6-13)12-14-11-15(19)8-10-17(14)18/h8,10-11,13,16,20H,2-7,9,12H2,1H3. The average molecular weight is 342 g/mol. The van der Waals surface area contributed by atoms with Gasteiger partial charge in [0.2, 0.25) is 0 Å². The highest BCUT2D eigenvalue weighted by molar-refractivity contribution is 9.10. The third kappa shape index (κ3) is 4.85. The summed E-state index contributed by atoms with van der Waals surface area (Å²) in [6.45, 7) is 0. The second-order valence-electron chi connectivity index (χ2n) is 6.01. The Morgan fingerprint density at radius 2 is 2.05 bits per heavy atom. The van der Waals surface area contributed by atoms with E-state index in [1.165, 1.54) is 51.0 Å². The molecule has 3 heteroatoms. The Morgan fingerprint density at radius 1 is 1.30 bits per heavy atom. The van der Waals surface area contributed by atoms with Crippen LogP contribution in [0, 0.1) is 11.7 Å². The van der Waals surface area contributed by atoms with Crippen molar-refractivity contribution < 1.29 is 4.39 Å². The van der Waals surface area contributed by atoms with Gasteiger partial charge in [-0.3, -0.25) is 0 Å². The molecule has 1 unspecified atom stereocenters. The lowest BCUT2D eigenvalue weighted by molar-refractivity contribution is 0.315. The van der Waals surface area contributed by atoms with E-state index in [4.69, 9.17) is 0 Å². The molecule has 0 aromatic heterocycles. The molecule has 1 nitrogen and oxygen atoms in total. The molecule has 1 fully saturated rings. The van der Waals surface area contributed by atoms with Crippen molar-refractivity contribution in [2.75, 3.05) is 7.05 Å². The summed E-state index contributed by atoms with van der Waals surface area (Å²) in [5.74, 6) is 0.765. The highest BCUT2D eigenvalue weighted by Gasteiger charge is 2.16. The van der Waals surface area contributed by atoms with Gasteiger partial charge in [0.15, 0.2) is 0 Å². The van der Waals surface area contributed by atoms with Gasteiger partial charge in [-0.1, -0.05) is 48.0 Å². The largest absolute Gasteiger partial charge is 0.317 e. The minimum absolute atomic E-state index is 0.148. The van der Waals surface area contributed by atoms with Gasteiger partial charge in [-0.05, 0) is 56.0 Å². The third-order valence-electron chi connectivity index (χ3n) is 4.53. The van der Waals surface area contributed by atoms with Crippen LogP contribution >= 0.6 is 15.9 Å². The molecule has 20 heavy (non-hydrogen) atoms. The molecule has 1 aromatic carbocycles. The molecule has 0 radical (unpaired) electrons. The first-order valence-electron chi connectivity index (χ1n) is 7.80. The van der Waals surface area contributed by atoms with Crippen LogP contribution in [0.3, 0.4) is 0 Å². The molecular weight excluding hydrogens is 317 g/mol. The number of benzene rings is 1. The Bertz CT molecular complexity index is 415. The van der Waals surface area contributed by atoms with Gasteiger partial charge < -0.3 is 5.32 Å². The van der Waals surface area contributed by atoms with Crippen LogP contribution in [0.25, 0.3) is 0 Å². The first kappa shape index (κ1) is 16.0. The van der Waals surface area contributed by atoms with Gasteiger partial charge in [0.1, 0.15) is 5.82 Å². The molecule has 1 aliphatic rings. The van der Waals surface area contributed by atoms with E-state index in [0.29, 0.717) is 6.04 Å². The van der Waals surface area contributed by atoms with Gasteiger partial charge in [0, 0.05) is 10.5 Å². The summed E-state index contributed by atoms with van der Waals surface area (Å²) in [6, 6.07) is 5.40. The summed E-state index contributed by atoms with van der Waals surface area (Å²) in [5.41, 5.74) is 1.06. The van der Waals surface area contributed by atoms with Gasteiger partial charge in [0.25, 0.3) is 0 Å². The fourth-order valence-electron chi connectivity index (χ4n) is 3.23. The van der Waals surface area contributed by atoms with Crippen molar-refractivity contribution in [3.8, 4) is 0 Å². The number of rotatable bonds is 6. The van der Waals surface area contributed by atoms with Crippen LogP contribution in [-0.2, 0) is 6.42 Å². The maximum absolute atomic E-state index is 13.3. The van der Waals surface area contributed by atoms with Crippen molar-refractivity contribution in [1.82, 2.24) is 5.32 Å². The topological polar surface area (TPSA) is 12.0 Å². The second kappa shape index (κ2) is 8.14. The predicted octanol–water partition coefficient (Wildman–Crippen LogP) is 5.08. The van der Waals surface area contributed by atoms with E-state index in [-0.39, 0.29) is 5.82 Å². The minimum Gasteiger partial charge on any atom is -0.317 e. The summed E-state index contributed by atoms with van der Waals surface area (Å²) in [5, 5.41) is 3.39. The zero-order valence-electron chi connectivity index (χ0n) is 12.3. The monoisotopic (exact) mass is 341 g/mol. The number of hydrogen-bond acceptors (Lipinski definition) is 1. The summed E-state index contributed by atoms with van der Waals surface area (Å²) in [7, 11) is 2.01. The van der Waals surface area contributed by atoms with Crippen molar-refractivity contribution in [1.29, 1.82) is 0 Å². The zero-order chi connectivity index (χ0) is 14.4. The van der Waals surface area contributed by atoms with Crippen molar-refractivity contribution in [3.63, 3.8) is 0 Å². The van der Waals surface area contributed by atoms with Gasteiger partial charge in [0.05, 0.1) is 0 Å². The van der Waals surface area contributed by atoms with Crippen LogP contribution in [0.15, 0.2) is 22.7 Å². The molecule has 0 spiro atoms. The molecule has 1 N–H and O–H groups in total. The highest BCUT2D eigenvalue weighted by atomic mass is 79.9. The average Bonchev–Trinajstić information content (AvgIpc) is 2.48. The summed E-state index contributed by atoms with van der Waals surface area (Å²) >= 11 is 3.52. The molecule has 1 aliphatic carbocycles. The maximum atomic E-state index is 13.3. The molecule has 0 amide bonds. The molecule has 2 rings (SSSR count). The van der Waals surface area contributed by atoms with E-state index in [0.717, 1.165) is 22.4 Å². The van der Waals surface area contributed by atoms with Crippen molar-refractivity contribution in [3.05, 3.63) is 34.1 Å². The van der Waals surface area contributed by atoms with E-state index >= 15 is 0 Å². The zero-order valence-corrected chi connectivity index (χ0v) is 13.9. The predicted molar refractivity (Wildman–Crippen MR) is 86.5 cm³/mol. The Balaban J connectivity index is 1.86. The summed E-state index contributed by atoms with van der Waals surface area (Å²) < 4.78 is 14.3. The molecule has 0 heterocycles. The molecule has 1 aromatic rings. The lowest BCUT2D eigenvalue weighted by Crippen LogP contribution is -2.28. The van der Waals surface area contributed by atoms with E-state index in [9.17, 15) is 4.39 Å². The molecule has 0 saturated heterocycles. The van der Waals surface area contributed by atoms with Gasteiger partial charge in [-0.15, -0.1) is 0 Å². The Labute approximate surface area is 130 Å². The van der Waals surface area contributed by atoms with Crippen molar-refractivity contribution in [2.24, 2.45) is 5.92 Å². The van der Waals surface area contributed by atoms with E-state index < -0.39 is 0 Å². The molecule has 1 atom stereocenters. The van der Waals surface area contributed by atoms with Crippen molar-refractivity contribution in [2.45, 2.75) is 57.4 Å². The fourth-order valence-corrected chi connectivity index (χ4v) is 3.63. The second-order valence-corrected chi connectivity index (χ2v) is 6.86. The quantitative estimate of drug-likeness (QED) is 0.760. The van der Waals surface area contributed by atoms with Crippen molar-refractivity contribution >= 4 is 15.9 Å². The SMILES string of the molecule is CNC(CCC1CCCCC1)Cc1cc(F)ccc1Br. The Morgan fingerprint density at radius 3 is 2.75 bits per heavy atom. The molecule has 0 aliphatic heterocycles. The van der Waals surface area contributed by atoms with E-state index in [2.05, 4.69) is 21.2 Å². The highest BCUT2D eigenvalue weighted by Crippen LogP contribution is 2.28. The van der Waals surface area contributed by atoms with Crippen LogP contribution in [-0.4, -0.2) is 13.1 Å². The smallest absolute Gasteiger partial charge is 0.123 e. The van der Waals surface area contributed by atoms with E-state index in [1.807, 2.05) is 7.05 Å². The minimum atomic E-state index is -0.148. The normalized spacial score (nSPS) is 18.1. The molecular formula is C17H25BrFN. The van der Waals surface area contributed by atoms with E-state index in [1.54, 1.807) is 12.1 Å². The number of hydrogen-bond donors (Lipinski definition) is 1. The van der Waals surface area contributed by atoms with Crippen LogP contribution in [0.4, 0.5) is 4.39 Å². The van der Waals surface area contributed by atoms with Crippen LogP contribution in [0.1, 0.15) is 50.5 Å². The van der Waals surface area contributed by atoms with Gasteiger partial charge in [-0.2, -0.15) is 0 Å².